The number of aliphatic carboxylic acids is 1. The molecule has 0 saturated carbocycles. The van der Waals surface area contributed by atoms with Gasteiger partial charge in [0.1, 0.15) is 11.6 Å². The van der Waals surface area contributed by atoms with Crippen LogP contribution in [0.3, 0.4) is 0 Å². The fraction of sp³-hybridized carbons (Fsp3) is 0.300. The first-order valence-corrected chi connectivity index (χ1v) is 4.77. The second kappa shape index (κ2) is 5.11. The molecule has 0 aliphatic carbocycles. The van der Waals surface area contributed by atoms with Gasteiger partial charge in [0, 0.05) is 18.5 Å². The number of carboxylic acids is 1. The van der Waals surface area contributed by atoms with Crippen molar-refractivity contribution in [3.8, 4) is 0 Å². The molecule has 1 heterocycles. The van der Waals surface area contributed by atoms with Gasteiger partial charge in [-0.3, -0.25) is 9.59 Å². The molecule has 0 radical (unpaired) electrons. The maximum absolute atomic E-state index is 11.5. The van der Waals surface area contributed by atoms with E-state index in [1.807, 2.05) is 0 Å². The van der Waals surface area contributed by atoms with Gasteiger partial charge in [-0.25, -0.2) is 4.79 Å². The van der Waals surface area contributed by atoms with Crippen molar-refractivity contribution in [3.05, 3.63) is 34.2 Å². The van der Waals surface area contributed by atoms with Crippen molar-refractivity contribution in [3.63, 3.8) is 0 Å². The van der Waals surface area contributed by atoms with Crippen LogP contribution in [0.1, 0.15) is 23.7 Å². The van der Waals surface area contributed by atoms with Crippen LogP contribution in [-0.4, -0.2) is 28.0 Å². The van der Waals surface area contributed by atoms with Crippen molar-refractivity contribution in [1.29, 1.82) is 0 Å². The van der Waals surface area contributed by atoms with Gasteiger partial charge in [0.05, 0.1) is 0 Å². The Morgan fingerprint density at radius 2 is 2.25 bits per heavy atom. The van der Waals surface area contributed by atoms with Crippen molar-refractivity contribution in [2.45, 2.75) is 19.4 Å². The van der Waals surface area contributed by atoms with Crippen molar-refractivity contribution < 1.29 is 14.7 Å². The molecule has 0 aromatic carbocycles. The number of hydrogen-bond donors (Lipinski definition) is 3. The summed E-state index contributed by atoms with van der Waals surface area (Å²) >= 11 is 0. The first kappa shape index (κ1) is 12.0. The molecule has 6 nitrogen and oxygen atoms in total. The summed E-state index contributed by atoms with van der Waals surface area (Å²) in [6.45, 7) is 1.63. The number of amides is 1. The minimum atomic E-state index is -1.12. The third-order valence-corrected chi connectivity index (χ3v) is 2.08. The molecule has 0 aliphatic rings. The molecule has 1 rings (SSSR count). The molecule has 0 bridgehead atoms. The van der Waals surface area contributed by atoms with Crippen LogP contribution >= 0.6 is 0 Å². The normalized spacial score (nSPS) is 11.8. The van der Waals surface area contributed by atoms with Crippen LogP contribution < -0.4 is 10.7 Å². The Hall–Kier alpha value is -2.11. The minimum Gasteiger partial charge on any atom is -0.480 e. The zero-order chi connectivity index (χ0) is 12.1. The predicted molar refractivity (Wildman–Crippen MR) is 56.2 cm³/mol. The molecule has 1 atom stereocenters. The molecule has 16 heavy (non-hydrogen) atoms. The van der Waals surface area contributed by atoms with Gasteiger partial charge in [0.25, 0.3) is 5.91 Å². The van der Waals surface area contributed by atoms with Crippen LogP contribution in [-0.2, 0) is 4.79 Å². The molecule has 0 spiro atoms. The molecular weight excluding hydrogens is 212 g/mol. The summed E-state index contributed by atoms with van der Waals surface area (Å²) in [5, 5.41) is 11.0. The van der Waals surface area contributed by atoms with Crippen LogP contribution in [0.2, 0.25) is 0 Å². The third-order valence-electron chi connectivity index (χ3n) is 2.08. The topological polar surface area (TPSA) is 99.3 Å². The Morgan fingerprint density at radius 1 is 1.56 bits per heavy atom. The summed E-state index contributed by atoms with van der Waals surface area (Å²) in [7, 11) is 0. The van der Waals surface area contributed by atoms with Gasteiger partial charge in [-0.2, -0.15) is 0 Å². The van der Waals surface area contributed by atoms with Crippen LogP contribution in [0.5, 0.6) is 0 Å². The highest BCUT2D eigenvalue weighted by Gasteiger charge is 2.19. The summed E-state index contributed by atoms with van der Waals surface area (Å²) in [6, 6.07) is 0.225. The van der Waals surface area contributed by atoms with Crippen LogP contribution in [0.25, 0.3) is 0 Å². The molecule has 0 aliphatic heterocycles. The highest BCUT2D eigenvalue weighted by atomic mass is 16.4. The number of nitrogens with one attached hydrogen (secondary N) is 2. The molecule has 3 N–H and O–H groups in total. The van der Waals surface area contributed by atoms with E-state index in [-0.39, 0.29) is 12.0 Å². The Morgan fingerprint density at radius 3 is 2.75 bits per heavy atom. The monoisotopic (exact) mass is 224 g/mol. The summed E-state index contributed by atoms with van der Waals surface area (Å²) in [5.41, 5.74) is -0.543. The molecule has 0 fully saturated rings. The molecule has 6 heteroatoms. The van der Waals surface area contributed by atoms with Gasteiger partial charge >= 0.3 is 5.97 Å². The van der Waals surface area contributed by atoms with E-state index in [1.165, 1.54) is 18.5 Å². The Balaban J connectivity index is 2.84. The average Bonchev–Trinajstić information content (AvgIpc) is 2.25. The lowest BCUT2D eigenvalue weighted by atomic mass is 10.2. The average molecular weight is 224 g/mol. The lowest BCUT2D eigenvalue weighted by Crippen LogP contribution is -2.41. The van der Waals surface area contributed by atoms with Gasteiger partial charge in [0.15, 0.2) is 5.43 Å². The second-order valence-corrected chi connectivity index (χ2v) is 3.19. The molecule has 1 amide bonds. The minimum absolute atomic E-state index is 0.0952. The fourth-order valence-electron chi connectivity index (χ4n) is 1.17. The number of carbonyl (C=O) groups excluding carboxylic acids is 1. The summed E-state index contributed by atoms with van der Waals surface area (Å²) < 4.78 is 0. The number of carboxylic acid groups (broad SMARTS) is 1. The smallest absolute Gasteiger partial charge is 0.326 e. The van der Waals surface area contributed by atoms with Crippen molar-refractivity contribution >= 4 is 11.9 Å². The number of hydrogen-bond acceptors (Lipinski definition) is 3. The highest BCUT2D eigenvalue weighted by Crippen LogP contribution is 1.94. The van der Waals surface area contributed by atoms with Crippen molar-refractivity contribution in [1.82, 2.24) is 10.3 Å². The standard InChI is InChI=1S/C10H12N2O4/c1-2-7(10(15)16)12-9(14)6-5-11-4-3-8(6)13/h3-5,7H,2H2,1H3,(H,11,13)(H,12,14)(H,15,16)/t7-/m1/s1. The number of carbonyl (C=O) groups is 2. The largest absolute Gasteiger partial charge is 0.480 e. The number of rotatable bonds is 4. The van der Waals surface area contributed by atoms with Gasteiger partial charge in [-0.05, 0) is 6.42 Å². The Kier molecular flexibility index (Phi) is 3.82. The molecule has 0 saturated heterocycles. The summed E-state index contributed by atoms with van der Waals surface area (Å²) in [4.78, 5) is 36.1. The maximum Gasteiger partial charge on any atom is 0.326 e. The van der Waals surface area contributed by atoms with Gasteiger partial charge < -0.3 is 15.4 Å². The number of aromatic nitrogens is 1. The molecule has 0 unspecified atom stereocenters. The first-order chi connectivity index (χ1) is 7.56. The van der Waals surface area contributed by atoms with Gasteiger partial charge in [0.2, 0.25) is 0 Å². The quantitative estimate of drug-likeness (QED) is 0.668. The number of H-pyrrole nitrogens is 1. The van der Waals surface area contributed by atoms with Crippen molar-refractivity contribution in [2.24, 2.45) is 0 Å². The Labute approximate surface area is 91.3 Å². The molecule has 1 aromatic rings. The Bertz CT molecular complexity index is 452. The van der Waals surface area contributed by atoms with Crippen LogP contribution in [0.4, 0.5) is 0 Å². The van der Waals surface area contributed by atoms with E-state index in [9.17, 15) is 14.4 Å². The SMILES string of the molecule is CC[C@@H](NC(=O)c1c[nH]ccc1=O)C(=O)O. The lowest BCUT2D eigenvalue weighted by molar-refractivity contribution is -0.139. The van der Waals surface area contributed by atoms with Crippen LogP contribution in [0, 0.1) is 0 Å². The van der Waals surface area contributed by atoms with E-state index in [0.717, 1.165) is 0 Å². The van der Waals surface area contributed by atoms with E-state index < -0.39 is 23.3 Å². The van der Waals surface area contributed by atoms with E-state index in [0.29, 0.717) is 0 Å². The highest BCUT2D eigenvalue weighted by molar-refractivity contribution is 5.96. The second-order valence-electron chi connectivity index (χ2n) is 3.19. The number of pyridine rings is 1. The summed E-state index contributed by atoms with van der Waals surface area (Å²) in [5.74, 6) is -1.81. The number of aromatic amines is 1. The molecule has 1 aromatic heterocycles. The predicted octanol–water partition coefficient (Wildman–Crippen LogP) is -0.0321. The van der Waals surface area contributed by atoms with E-state index in [4.69, 9.17) is 5.11 Å². The van der Waals surface area contributed by atoms with E-state index in [1.54, 1.807) is 6.92 Å². The third kappa shape index (κ3) is 2.69. The zero-order valence-electron chi connectivity index (χ0n) is 8.69. The van der Waals surface area contributed by atoms with Gasteiger partial charge in [-0.1, -0.05) is 6.92 Å². The maximum atomic E-state index is 11.5. The van der Waals surface area contributed by atoms with E-state index >= 15 is 0 Å². The van der Waals surface area contributed by atoms with Crippen LogP contribution in [0.15, 0.2) is 23.3 Å². The zero-order valence-corrected chi connectivity index (χ0v) is 8.69. The summed E-state index contributed by atoms with van der Waals surface area (Å²) in [6.07, 6.45) is 2.89. The molecular formula is C10H12N2O4. The van der Waals surface area contributed by atoms with Gasteiger partial charge in [-0.15, -0.1) is 0 Å². The van der Waals surface area contributed by atoms with E-state index in [2.05, 4.69) is 10.3 Å². The first-order valence-electron chi connectivity index (χ1n) is 4.77. The lowest BCUT2D eigenvalue weighted by Gasteiger charge is -2.11. The molecule has 86 valence electrons. The van der Waals surface area contributed by atoms with Crippen molar-refractivity contribution in [2.75, 3.05) is 0 Å². The fourth-order valence-corrected chi connectivity index (χ4v) is 1.17.